The number of amides is 2. The van der Waals surface area contributed by atoms with Crippen LogP contribution in [0.25, 0.3) is 0 Å². The van der Waals surface area contributed by atoms with Gasteiger partial charge in [-0.05, 0) is 31.0 Å². The summed E-state index contributed by atoms with van der Waals surface area (Å²) in [6.45, 7) is 4.14. The Morgan fingerprint density at radius 2 is 1.86 bits per heavy atom. The van der Waals surface area contributed by atoms with E-state index in [-0.39, 0.29) is 35.4 Å². The van der Waals surface area contributed by atoms with E-state index in [0.717, 1.165) is 0 Å². The van der Waals surface area contributed by atoms with E-state index in [1.807, 2.05) is 13.8 Å². The molecule has 5 nitrogen and oxygen atoms in total. The lowest BCUT2D eigenvalue weighted by molar-refractivity contribution is -0.125. The van der Waals surface area contributed by atoms with Crippen LogP contribution in [0, 0.1) is 5.41 Å². The van der Waals surface area contributed by atoms with Crippen molar-refractivity contribution >= 4 is 41.5 Å². The first-order valence-corrected chi connectivity index (χ1v) is 6.89. The third-order valence-electron chi connectivity index (χ3n) is 3.72. The van der Waals surface area contributed by atoms with Crippen LogP contribution in [-0.2, 0) is 4.79 Å². The molecule has 118 valence electrons. The summed E-state index contributed by atoms with van der Waals surface area (Å²) >= 11 is 5.95. The first-order chi connectivity index (χ1) is 9.40. The van der Waals surface area contributed by atoms with Crippen LogP contribution in [0.2, 0.25) is 5.02 Å². The second-order valence-electron chi connectivity index (χ2n) is 4.70. The molecule has 1 aromatic rings. The number of primary amides is 1. The topological polar surface area (TPSA) is 98.2 Å². The van der Waals surface area contributed by atoms with E-state index in [0.29, 0.717) is 18.5 Å². The minimum Gasteiger partial charge on any atom is -0.366 e. The normalized spacial score (nSPS) is 10.7. The molecule has 5 N–H and O–H groups in total. The number of halogens is 2. The van der Waals surface area contributed by atoms with Gasteiger partial charge in [0.15, 0.2) is 0 Å². The average molecular weight is 334 g/mol. The van der Waals surface area contributed by atoms with Gasteiger partial charge in [-0.1, -0.05) is 25.4 Å². The maximum Gasteiger partial charge on any atom is 0.250 e. The van der Waals surface area contributed by atoms with Crippen molar-refractivity contribution in [2.75, 3.05) is 11.9 Å². The Hall–Kier alpha value is -1.30. The monoisotopic (exact) mass is 333 g/mol. The second kappa shape index (κ2) is 8.22. The fourth-order valence-electron chi connectivity index (χ4n) is 2.01. The van der Waals surface area contributed by atoms with E-state index in [9.17, 15) is 9.59 Å². The van der Waals surface area contributed by atoms with Gasteiger partial charge in [-0.15, -0.1) is 12.4 Å². The molecule has 0 saturated heterocycles. The van der Waals surface area contributed by atoms with Crippen LogP contribution in [-0.4, -0.2) is 18.4 Å². The third-order valence-corrected chi connectivity index (χ3v) is 4.03. The van der Waals surface area contributed by atoms with Crippen molar-refractivity contribution < 1.29 is 9.59 Å². The highest BCUT2D eigenvalue weighted by Crippen LogP contribution is 2.28. The summed E-state index contributed by atoms with van der Waals surface area (Å²) in [5.74, 6) is -0.751. The maximum atomic E-state index is 12.3. The van der Waals surface area contributed by atoms with Crippen molar-refractivity contribution in [3.63, 3.8) is 0 Å². The molecule has 1 rings (SSSR count). The summed E-state index contributed by atoms with van der Waals surface area (Å²) in [5, 5.41) is 3.00. The Balaban J connectivity index is 0.00000400. The van der Waals surface area contributed by atoms with E-state index in [1.165, 1.54) is 12.1 Å². The number of anilines is 1. The maximum absolute atomic E-state index is 12.3. The number of carbonyl (C=O) groups excluding carboxylic acids is 2. The molecule has 0 heterocycles. The molecule has 0 radical (unpaired) electrons. The molecular formula is C14H21Cl2N3O2. The van der Waals surface area contributed by atoms with Crippen LogP contribution < -0.4 is 16.8 Å². The Morgan fingerprint density at radius 3 is 2.24 bits per heavy atom. The molecule has 0 aliphatic rings. The number of nitrogens with two attached hydrogens (primary N) is 2. The van der Waals surface area contributed by atoms with E-state index in [2.05, 4.69) is 5.32 Å². The fourth-order valence-corrected chi connectivity index (χ4v) is 2.28. The van der Waals surface area contributed by atoms with Gasteiger partial charge in [0.25, 0.3) is 0 Å². The predicted octanol–water partition coefficient (Wildman–Crippen LogP) is 2.56. The first-order valence-electron chi connectivity index (χ1n) is 6.51. The van der Waals surface area contributed by atoms with Crippen LogP contribution in [0.15, 0.2) is 18.2 Å². The standard InChI is InChI=1S/C14H20ClN3O2.ClH/c1-3-14(4-2,8-16)13(20)18-9-5-6-10(12(17)19)11(15)7-9;/h5-7H,3-4,8,16H2,1-2H3,(H2,17,19)(H,18,20);1H. The lowest BCUT2D eigenvalue weighted by Gasteiger charge is -2.28. The molecule has 0 aromatic heterocycles. The average Bonchev–Trinajstić information content (AvgIpc) is 2.41. The van der Waals surface area contributed by atoms with Gasteiger partial charge < -0.3 is 16.8 Å². The van der Waals surface area contributed by atoms with Gasteiger partial charge in [0.05, 0.1) is 16.0 Å². The van der Waals surface area contributed by atoms with Crippen molar-refractivity contribution in [3.8, 4) is 0 Å². The smallest absolute Gasteiger partial charge is 0.250 e. The van der Waals surface area contributed by atoms with Gasteiger partial charge in [-0.2, -0.15) is 0 Å². The van der Waals surface area contributed by atoms with Gasteiger partial charge >= 0.3 is 0 Å². The number of benzene rings is 1. The number of hydrogen-bond acceptors (Lipinski definition) is 3. The summed E-state index contributed by atoms with van der Waals surface area (Å²) in [4.78, 5) is 23.4. The molecule has 0 bridgehead atoms. The molecule has 0 aliphatic heterocycles. The van der Waals surface area contributed by atoms with Gasteiger partial charge in [0.1, 0.15) is 0 Å². The molecule has 21 heavy (non-hydrogen) atoms. The molecule has 0 fully saturated rings. The predicted molar refractivity (Wildman–Crippen MR) is 87.9 cm³/mol. The number of nitrogens with one attached hydrogen (secondary N) is 1. The zero-order valence-corrected chi connectivity index (χ0v) is 13.7. The largest absolute Gasteiger partial charge is 0.366 e. The molecule has 0 saturated carbocycles. The Morgan fingerprint density at radius 1 is 1.29 bits per heavy atom. The minimum absolute atomic E-state index is 0. The van der Waals surface area contributed by atoms with Crippen molar-refractivity contribution in [1.82, 2.24) is 0 Å². The summed E-state index contributed by atoms with van der Waals surface area (Å²) in [6.07, 6.45) is 1.30. The molecular weight excluding hydrogens is 313 g/mol. The van der Waals surface area contributed by atoms with Crippen LogP contribution in [0.5, 0.6) is 0 Å². The summed E-state index contributed by atoms with van der Waals surface area (Å²) < 4.78 is 0. The minimum atomic E-state index is -0.605. The molecule has 0 aliphatic carbocycles. The van der Waals surface area contributed by atoms with Crippen molar-refractivity contribution in [2.24, 2.45) is 16.9 Å². The zero-order chi connectivity index (χ0) is 15.3. The third kappa shape index (κ3) is 4.33. The Kier molecular flexibility index (Phi) is 7.71. The quantitative estimate of drug-likeness (QED) is 0.745. The number of rotatable bonds is 6. The number of carbonyl (C=O) groups is 2. The molecule has 7 heteroatoms. The van der Waals surface area contributed by atoms with Crippen LogP contribution in [0.1, 0.15) is 37.0 Å². The van der Waals surface area contributed by atoms with E-state index >= 15 is 0 Å². The Bertz CT molecular complexity index is 509. The SMILES string of the molecule is CCC(CC)(CN)C(=O)Nc1ccc(C(N)=O)c(Cl)c1.Cl. The van der Waals surface area contributed by atoms with Gasteiger partial charge in [-0.3, -0.25) is 9.59 Å². The van der Waals surface area contributed by atoms with E-state index in [4.69, 9.17) is 23.1 Å². The van der Waals surface area contributed by atoms with Crippen LogP contribution in [0.3, 0.4) is 0 Å². The summed E-state index contributed by atoms with van der Waals surface area (Å²) in [7, 11) is 0. The molecule has 0 atom stereocenters. The number of hydrogen-bond donors (Lipinski definition) is 3. The van der Waals surface area contributed by atoms with Crippen molar-refractivity contribution in [3.05, 3.63) is 28.8 Å². The van der Waals surface area contributed by atoms with Gasteiger partial charge in [-0.25, -0.2) is 0 Å². The lowest BCUT2D eigenvalue weighted by Crippen LogP contribution is -2.41. The zero-order valence-electron chi connectivity index (χ0n) is 12.1. The lowest BCUT2D eigenvalue weighted by atomic mass is 9.81. The summed E-state index contributed by atoms with van der Waals surface area (Å²) in [6, 6.07) is 4.59. The van der Waals surface area contributed by atoms with Gasteiger partial charge in [0.2, 0.25) is 11.8 Å². The molecule has 2 amide bonds. The van der Waals surface area contributed by atoms with Crippen molar-refractivity contribution in [2.45, 2.75) is 26.7 Å². The van der Waals surface area contributed by atoms with E-state index in [1.54, 1.807) is 6.07 Å². The fraction of sp³-hybridized carbons (Fsp3) is 0.429. The first kappa shape index (κ1) is 19.7. The summed E-state index contributed by atoms with van der Waals surface area (Å²) in [5.41, 5.74) is 11.1. The Labute approximate surface area is 135 Å². The highest BCUT2D eigenvalue weighted by Gasteiger charge is 2.33. The molecule has 0 spiro atoms. The van der Waals surface area contributed by atoms with Gasteiger partial charge in [0, 0.05) is 12.2 Å². The van der Waals surface area contributed by atoms with Crippen LogP contribution in [0.4, 0.5) is 5.69 Å². The highest BCUT2D eigenvalue weighted by atomic mass is 35.5. The second-order valence-corrected chi connectivity index (χ2v) is 5.11. The van der Waals surface area contributed by atoms with Crippen molar-refractivity contribution in [1.29, 1.82) is 0 Å². The van der Waals surface area contributed by atoms with Crippen LogP contribution >= 0.6 is 24.0 Å². The molecule has 0 unspecified atom stereocenters. The molecule has 1 aromatic carbocycles. The van der Waals surface area contributed by atoms with E-state index < -0.39 is 11.3 Å². The highest BCUT2D eigenvalue weighted by molar-refractivity contribution is 6.34.